The van der Waals surface area contributed by atoms with Crippen LogP contribution in [0.2, 0.25) is 0 Å². The molecule has 5 rings (SSSR count). The molecule has 1 fully saturated rings. The number of anilines is 1. The number of fused-ring (bicyclic) bond motifs is 1. The highest BCUT2D eigenvalue weighted by Gasteiger charge is 2.31. The lowest BCUT2D eigenvalue weighted by atomic mass is 9.82. The van der Waals surface area contributed by atoms with Crippen LogP contribution >= 0.6 is 11.3 Å². The number of morpholine rings is 1. The molecule has 1 N–H and O–H groups in total. The fourth-order valence-electron chi connectivity index (χ4n) is 4.87. The number of hydrogen-bond donors (Lipinski definition) is 1. The Balaban J connectivity index is 1.51. The molecule has 2 heterocycles. The third-order valence-corrected chi connectivity index (χ3v) is 7.87. The van der Waals surface area contributed by atoms with Gasteiger partial charge in [-0.2, -0.15) is 0 Å². The van der Waals surface area contributed by atoms with Crippen LogP contribution < -0.4 is 5.32 Å². The molecule has 1 aromatic heterocycles. The molecule has 0 spiro atoms. The first-order valence-electron chi connectivity index (χ1n) is 11.6. The average Bonchev–Trinajstić information content (AvgIpc) is 3.19. The normalized spacial score (nSPS) is 18.0. The molecule has 1 atom stereocenters. The van der Waals surface area contributed by atoms with E-state index in [0.29, 0.717) is 36.9 Å². The molecule has 0 saturated carbocycles. The topological polar surface area (TPSA) is 58.6 Å². The second-order valence-electron chi connectivity index (χ2n) is 8.66. The predicted molar refractivity (Wildman–Crippen MR) is 132 cm³/mol. The van der Waals surface area contributed by atoms with Crippen molar-refractivity contribution in [2.75, 3.05) is 31.6 Å². The Kier molecular flexibility index (Phi) is 6.29. The van der Waals surface area contributed by atoms with Gasteiger partial charge in [0.1, 0.15) is 5.00 Å². The molecule has 5 nitrogen and oxygen atoms in total. The number of ether oxygens (including phenoxy) is 1. The van der Waals surface area contributed by atoms with Crippen molar-refractivity contribution in [3.63, 3.8) is 0 Å². The maximum absolute atomic E-state index is 13.6. The molecule has 1 saturated heterocycles. The van der Waals surface area contributed by atoms with Crippen molar-refractivity contribution in [2.24, 2.45) is 0 Å². The molecule has 0 bridgehead atoms. The van der Waals surface area contributed by atoms with Crippen molar-refractivity contribution in [2.45, 2.75) is 32.1 Å². The van der Waals surface area contributed by atoms with Crippen LogP contribution in [0.4, 0.5) is 5.00 Å². The summed E-state index contributed by atoms with van der Waals surface area (Å²) >= 11 is 1.49. The largest absolute Gasteiger partial charge is 0.378 e. The minimum atomic E-state index is -0.191. The van der Waals surface area contributed by atoms with Gasteiger partial charge in [0, 0.05) is 18.0 Å². The third-order valence-electron chi connectivity index (χ3n) is 6.62. The molecule has 2 amide bonds. The maximum Gasteiger partial charge on any atom is 0.257 e. The highest BCUT2D eigenvalue weighted by atomic mass is 32.1. The fraction of sp³-hybridized carbons (Fsp3) is 0.333. The lowest BCUT2D eigenvalue weighted by molar-refractivity contribution is -0.117. The zero-order valence-corrected chi connectivity index (χ0v) is 19.6. The third kappa shape index (κ3) is 4.33. The van der Waals surface area contributed by atoms with Crippen molar-refractivity contribution in [3.05, 3.63) is 76.9 Å². The molecule has 3 aromatic rings. The number of aryl methyl sites for hydroxylation is 1. The van der Waals surface area contributed by atoms with Gasteiger partial charge in [-0.05, 0) is 48.4 Å². The van der Waals surface area contributed by atoms with Crippen molar-refractivity contribution in [1.82, 2.24) is 4.90 Å². The van der Waals surface area contributed by atoms with Gasteiger partial charge in [0.15, 0.2) is 0 Å². The van der Waals surface area contributed by atoms with E-state index in [1.807, 2.05) is 54.3 Å². The van der Waals surface area contributed by atoms with Gasteiger partial charge in [-0.1, -0.05) is 54.6 Å². The van der Waals surface area contributed by atoms with Crippen LogP contribution in [0.15, 0.2) is 54.6 Å². The van der Waals surface area contributed by atoms with Crippen molar-refractivity contribution in [3.8, 4) is 10.4 Å². The Morgan fingerprint density at radius 2 is 1.76 bits per heavy atom. The standard InChI is InChI=1S/C27H28N2O3S/c1-18-23(27(31)29-14-16-32-17-15-29)26(33-24(18)20-9-3-2-4-10-20)28-25(30)22-13-7-11-19-8-5-6-12-21(19)22/h2-6,8-10,12,22H,7,11,13-17H2,1H3,(H,28,30). The van der Waals surface area contributed by atoms with E-state index in [4.69, 9.17) is 4.74 Å². The smallest absolute Gasteiger partial charge is 0.257 e. The number of thiophene rings is 1. The SMILES string of the molecule is Cc1c(-c2ccccc2)sc(NC(=O)C2CCCc3ccccc32)c1C(=O)N1CCOCC1. The summed E-state index contributed by atoms with van der Waals surface area (Å²) in [6, 6.07) is 18.3. The van der Waals surface area contributed by atoms with Crippen LogP contribution in [0.5, 0.6) is 0 Å². The lowest BCUT2D eigenvalue weighted by Gasteiger charge is -2.28. The van der Waals surface area contributed by atoms with Crippen LogP contribution in [-0.2, 0) is 16.0 Å². The number of carbonyl (C=O) groups is 2. The molecule has 33 heavy (non-hydrogen) atoms. The number of hydrogen-bond acceptors (Lipinski definition) is 4. The Hall–Kier alpha value is -2.96. The number of benzene rings is 2. The first kappa shape index (κ1) is 21.9. The number of nitrogens with one attached hydrogen (secondary N) is 1. The molecular formula is C27H28N2O3S. The number of rotatable bonds is 4. The molecule has 0 radical (unpaired) electrons. The van der Waals surface area contributed by atoms with Gasteiger partial charge in [0.25, 0.3) is 5.91 Å². The van der Waals surface area contributed by atoms with E-state index in [2.05, 4.69) is 17.4 Å². The highest BCUT2D eigenvalue weighted by molar-refractivity contribution is 7.20. The van der Waals surface area contributed by atoms with Gasteiger partial charge in [-0.25, -0.2) is 0 Å². The van der Waals surface area contributed by atoms with E-state index >= 15 is 0 Å². The summed E-state index contributed by atoms with van der Waals surface area (Å²) in [6.45, 7) is 4.20. The van der Waals surface area contributed by atoms with Crippen LogP contribution in [0, 0.1) is 6.92 Å². The summed E-state index contributed by atoms with van der Waals surface area (Å²) < 4.78 is 5.44. The monoisotopic (exact) mass is 460 g/mol. The van der Waals surface area contributed by atoms with E-state index in [-0.39, 0.29) is 17.7 Å². The number of carbonyl (C=O) groups excluding carboxylic acids is 2. The minimum absolute atomic E-state index is 0.0287. The van der Waals surface area contributed by atoms with Gasteiger partial charge in [-0.15, -0.1) is 11.3 Å². The Morgan fingerprint density at radius 1 is 1.03 bits per heavy atom. The van der Waals surface area contributed by atoms with Crippen LogP contribution in [0.25, 0.3) is 10.4 Å². The van der Waals surface area contributed by atoms with Gasteiger partial charge < -0.3 is 15.0 Å². The highest BCUT2D eigenvalue weighted by Crippen LogP contribution is 2.41. The summed E-state index contributed by atoms with van der Waals surface area (Å²) in [5.74, 6) is -0.253. The second kappa shape index (κ2) is 9.49. The quantitative estimate of drug-likeness (QED) is 0.578. The van der Waals surface area contributed by atoms with E-state index < -0.39 is 0 Å². The predicted octanol–water partition coefficient (Wildman–Crippen LogP) is 5.25. The van der Waals surface area contributed by atoms with Crippen molar-refractivity contribution >= 4 is 28.2 Å². The molecular weight excluding hydrogens is 432 g/mol. The molecule has 1 unspecified atom stereocenters. The fourth-order valence-corrected chi connectivity index (χ4v) is 6.08. The Morgan fingerprint density at radius 3 is 2.55 bits per heavy atom. The van der Waals surface area contributed by atoms with Gasteiger partial charge >= 0.3 is 0 Å². The van der Waals surface area contributed by atoms with Crippen LogP contribution in [0.3, 0.4) is 0 Å². The van der Waals surface area contributed by atoms with E-state index in [1.165, 1.54) is 16.9 Å². The number of nitrogens with zero attached hydrogens (tertiary/aromatic N) is 1. The Labute approximate surface area is 198 Å². The maximum atomic E-state index is 13.6. The summed E-state index contributed by atoms with van der Waals surface area (Å²) in [6.07, 6.45) is 2.83. The van der Waals surface area contributed by atoms with Gasteiger partial charge in [-0.3, -0.25) is 9.59 Å². The van der Waals surface area contributed by atoms with E-state index in [1.54, 1.807) is 0 Å². The number of amides is 2. The molecule has 170 valence electrons. The first-order valence-corrected chi connectivity index (χ1v) is 12.4. The van der Waals surface area contributed by atoms with Gasteiger partial charge in [0.05, 0.1) is 24.7 Å². The zero-order chi connectivity index (χ0) is 22.8. The molecule has 2 aromatic carbocycles. The summed E-state index contributed by atoms with van der Waals surface area (Å²) in [7, 11) is 0. The average molecular weight is 461 g/mol. The molecule has 2 aliphatic rings. The van der Waals surface area contributed by atoms with Crippen LogP contribution in [0.1, 0.15) is 45.8 Å². The zero-order valence-electron chi connectivity index (χ0n) is 18.8. The van der Waals surface area contributed by atoms with E-state index in [0.717, 1.165) is 40.8 Å². The lowest BCUT2D eigenvalue weighted by Crippen LogP contribution is -2.41. The van der Waals surface area contributed by atoms with Crippen molar-refractivity contribution < 1.29 is 14.3 Å². The first-order chi connectivity index (χ1) is 16.1. The summed E-state index contributed by atoms with van der Waals surface area (Å²) in [5.41, 5.74) is 4.94. The van der Waals surface area contributed by atoms with E-state index in [9.17, 15) is 9.59 Å². The second-order valence-corrected chi connectivity index (χ2v) is 9.68. The minimum Gasteiger partial charge on any atom is -0.378 e. The van der Waals surface area contributed by atoms with Crippen LogP contribution in [-0.4, -0.2) is 43.0 Å². The summed E-state index contributed by atoms with van der Waals surface area (Å²) in [5, 5.41) is 3.82. The van der Waals surface area contributed by atoms with Crippen molar-refractivity contribution in [1.29, 1.82) is 0 Å². The van der Waals surface area contributed by atoms with Gasteiger partial charge in [0.2, 0.25) is 5.91 Å². The Bertz CT molecular complexity index is 1170. The molecule has 6 heteroatoms. The molecule has 1 aliphatic heterocycles. The summed E-state index contributed by atoms with van der Waals surface area (Å²) in [4.78, 5) is 29.9. The molecule has 1 aliphatic carbocycles.